The molecular formula is C24H26N4O3S. The van der Waals surface area contributed by atoms with Crippen LogP contribution in [0.4, 0.5) is 5.69 Å². The van der Waals surface area contributed by atoms with Crippen molar-refractivity contribution in [3.05, 3.63) is 65.8 Å². The van der Waals surface area contributed by atoms with Crippen molar-refractivity contribution in [2.75, 3.05) is 33.6 Å². The first-order chi connectivity index (χ1) is 15.5. The molecule has 1 N–H and O–H groups in total. The third-order valence-corrected chi connectivity index (χ3v) is 6.16. The fourth-order valence-electron chi connectivity index (χ4n) is 3.61. The molecule has 0 saturated carbocycles. The maximum Gasteiger partial charge on any atom is 0.231 e. The first-order valence-electron chi connectivity index (χ1n) is 10.3. The maximum atomic E-state index is 13.1. The number of hydrogen-bond donors (Lipinski definition) is 1. The minimum atomic E-state index is -0.386. The van der Waals surface area contributed by atoms with Crippen molar-refractivity contribution in [1.82, 2.24) is 14.9 Å². The fourth-order valence-corrected chi connectivity index (χ4v) is 4.54. The molecule has 0 bridgehead atoms. The van der Waals surface area contributed by atoms with Crippen molar-refractivity contribution in [3.8, 4) is 10.6 Å². The van der Waals surface area contributed by atoms with Gasteiger partial charge in [-0.25, -0.2) is 9.97 Å². The molecule has 0 aliphatic heterocycles. The van der Waals surface area contributed by atoms with Crippen LogP contribution in [0, 0.1) is 5.92 Å². The average molecular weight is 451 g/mol. The van der Waals surface area contributed by atoms with Crippen LogP contribution in [-0.4, -0.2) is 49.1 Å². The van der Waals surface area contributed by atoms with E-state index in [1.165, 1.54) is 11.3 Å². The topological polar surface area (TPSA) is 76.6 Å². The van der Waals surface area contributed by atoms with Gasteiger partial charge in [-0.15, -0.1) is 0 Å². The van der Waals surface area contributed by atoms with Crippen LogP contribution < -0.4 is 5.32 Å². The lowest BCUT2D eigenvalue weighted by molar-refractivity contribution is -0.118. The van der Waals surface area contributed by atoms with Crippen LogP contribution in [0.3, 0.4) is 0 Å². The molecule has 1 amide bonds. The van der Waals surface area contributed by atoms with E-state index in [0.29, 0.717) is 23.6 Å². The molecule has 1 unspecified atom stereocenters. The smallest absolute Gasteiger partial charge is 0.231 e. The zero-order valence-electron chi connectivity index (χ0n) is 18.6. The summed E-state index contributed by atoms with van der Waals surface area (Å²) in [5.74, 6) is 0.821. The summed E-state index contributed by atoms with van der Waals surface area (Å²) in [5, 5.41) is 3.89. The van der Waals surface area contributed by atoms with Crippen LogP contribution in [0.2, 0.25) is 0 Å². The summed E-state index contributed by atoms with van der Waals surface area (Å²) >= 11 is 1.51. The Labute approximate surface area is 191 Å². The van der Waals surface area contributed by atoms with E-state index >= 15 is 0 Å². The number of para-hydroxylation sites is 1. The van der Waals surface area contributed by atoms with Crippen molar-refractivity contribution >= 4 is 33.3 Å². The number of nitrogens with zero attached hydrogens (tertiary/aromatic N) is 3. The normalized spacial score (nSPS) is 16.0. The van der Waals surface area contributed by atoms with Crippen LogP contribution in [0.25, 0.3) is 20.9 Å². The second-order valence-corrected chi connectivity index (χ2v) is 8.84. The number of carbonyl (C=O) groups is 1. The SMILES string of the molecule is COC1=CC(C(=O)Nc2ccccc2-c2nc3cc(CN(C)C)cnc3s2)CC(OC)=C1. The third-order valence-electron chi connectivity index (χ3n) is 5.14. The van der Waals surface area contributed by atoms with E-state index in [9.17, 15) is 4.79 Å². The predicted molar refractivity (Wildman–Crippen MR) is 127 cm³/mol. The van der Waals surface area contributed by atoms with Crippen LogP contribution in [-0.2, 0) is 20.8 Å². The Morgan fingerprint density at radius 2 is 2.06 bits per heavy atom. The van der Waals surface area contributed by atoms with Gasteiger partial charge in [-0.3, -0.25) is 4.79 Å². The molecule has 4 rings (SSSR count). The van der Waals surface area contributed by atoms with Gasteiger partial charge >= 0.3 is 0 Å². The Kier molecular flexibility index (Phi) is 6.53. The van der Waals surface area contributed by atoms with Crippen molar-refractivity contribution in [2.45, 2.75) is 13.0 Å². The predicted octanol–water partition coefficient (Wildman–Crippen LogP) is 4.44. The molecule has 0 saturated heterocycles. The van der Waals surface area contributed by atoms with E-state index in [2.05, 4.69) is 21.3 Å². The second-order valence-electron chi connectivity index (χ2n) is 7.86. The molecule has 8 heteroatoms. The highest BCUT2D eigenvalue weighted by molar-refractivity contribution is 7.21. The monoisotopic (exact) mass is 450 g/mol. The number of rotatable bonds is 7. The van der Waals surface area contributed by atoms with Gasteiger partial charge in [0.25, 0.3) is 0 Å². The number of amides is 1. The fraction of sp³-hybridized carbons (Fsp3) is 0.292. The second kappa shape index (κ2) is 9.50. The Morgan fingerprint density at radius 3 is 2.81 bits per heavy atom. The van der Waals surface area contributed by atoms with Crippen molar-refractivity contribution in [3.63, 3.8) is 0 Å². The standard InChI is InChI=1S/C24H26N4O3S/c1-28(2)14-15-9-21-24(25-13-15)32-23(27-21)19-7-5-6-8-20(19)26-22(29)16-10-17(30-3)12-18(11-16)31-4/h5-10,12-13,16H,11,14H2,1-4H3,(H,26,29). The van der Waals surface area contributed by atoms with Crippen molar-refractivity contribution in [1.29, 1.82) is 0 Å². The van der Waals surface area contributed by atoms with E-state index < -0.39 is 0 Å². The molecule has 0 radical (unpaired) electrons. The lowest BCUT2D eigenvalue weighted by Crippen LogP contribution is -2.24. The zero-order chi connectivity index (χ0) is 22.7. The van der Waals surface area contributed by atoms with Crippen LogP contribution >= 0.6 is 11.3 Å². The minimum Gasteiger partial charge on any atom is -0.501 e. The highest BCUT2D eigenvalue weighted by atomic mass is 32.1. The number of fused-ring (bicyclic) bond motifs is 1. The Bertz CT molecular complexity index is 1200. The van der Waals surface area contributed by atoms with E-state index in [1.807, 2.05) is 50.6 Å². The number of ether oxygens (including phenoxy) is 2. The number of thiazole rings is 1. The molecule has 1 aliphatic rings. The number of anilines is 1. The summed E-state index contributed by atoms with van der Waals surface area (Å²) in [5.41, 5.74) is 3.56. The van der Waals surface area contributed by atoms with E-state index in [0.717, 1.165) is 33.0 Å². The van der Waals surface area contributed by atoms with Crippen LogP contribution in [0.15, 0.2) is 60.2 Å². The van der Waals surface area contributed by atoms with E-state index in [-0.39, 0.29) is 11.8 Å². The molecule has 1 aliphatic carbocycles. The maximum absolute atomic E-state index is 13.1. The highest BCUT2D eigenvalue weighted by Crippen LogP contribution is 2.35. The summed E-state index contributed by atoms with van der Waals surface area (Å²) in [6, 6.07) is 9.77. The van der Waals surface area contributed by atoms with Crippen LogP contribution in [0.1, 0.15) is 12.0 Å². The minimum absolute atomic E-state index is 0.123. The summed E-state index contributed by atoms with van der Waals surface area (Å²) in [6.45, 7) is 0.804. The first kappa shape index (κ1) is 22.0. The lowest BCUT2D eigenvalue weighted by atomic mass is 9.97. The number of benzene rings is 1. The highest BCUT2D eigenvalue weighted by Gasteiger charge is 2.24. The van der Waals surface area contributed by atoms with Gasteiger partial charge in [-0.05, 0) is 43.9 Å². The Hall–Kier alpha value is -3.23. The molecule has 3 aromatic rings. The number of nitrogens with one attached hydrogen (secondary N) is 1. The molecule has 0 fully saturated rings. The van der Waals surface area contributed by atoms with Crippen LogP contribution in [0.5, 0.6) is 0 Å². The summed E-state index contributed by atoms with van der Waals surface area (Å²) in [6.07, 6.45) is 5.99. The summed E-state index contributed by atoms with van der Waals surface area (Å²) in [4.78, 5) is 25.4. The first-order valence-corrected chi connectivity index (χ1v) is 11.1. The molecule has 0 spiro atoms. The lowest BCUT2D eigenvalue weighted by Gasteiger charge is -2.20. The van der Waals surface area contributed by atoms with Crippen molar-refractivity contribution in [2.24, 2.45) is 5.92 Å². The van der Waals surface area contributed by atoms with Crippen molar-refractivity contribution < 1.29 is 14.3 Å². The number of hydrogen-bond acceptors (Lipinski definition) is 7. The average Bonchev–Trinajstić information content (AvgIpc) is 3.21. The van der Waals surface area contributed by atoms with Gasteiger partial charge in [-0.2, -0.15) is 0 Å². The van der Waals surface area contributed by atoms with E-state index in [4.69, 9.17) is 14.5 Å². The van der Waals surface area contributed by atoms with Gasteiger partial charge in [0, 0.05) is 30.8 Å². The molecule has 1 aromatic carbocycles. The number of allylic oxidation sites excluding steroid dienone is 2. The summed E-state index contributed by atoms with van der Waals surface area (Å²) < 4.78 is 10.7. The quantitative estimate of drug-likeness (QED) is 0.574. The zero-order valence-corrected chi connectivity index (χ0v) is 19.4. The van der Waals surface area contributed by atoms with Gasteiger partial charge in [0.15, 0.2) is 0 Å². The van der Waals surface area contributed by atoms with E-state index in [1.54, 1.807) is 20.3 Å². The molecule has 166 valence electrons. The van der Waals surface area contributed by atoms with Gasteiger partial charge in [0.1, 0.15) is 26.9 Å². The van der Waals surface area contributed by atoms with Gasteiger partial charge in [0.05, 0.1) is 25.8 Å². The summed E-state index contributed by atoms with van der Waals surface area (Å²) in [7, 11) is 7.23. The number of carbonyl (C=O) groups excluding carboxylic acids is 1. The number of pyridine rings is 1. The largest absolute Gasteiger partial charge is 0.501 e. The molecule has 32 heavy (non-hydrogen) atoms. The molecule has 2 heterocycles. The third kappa shape index (κ3) is 4.81. The molecule has 7 nitrogen and oxygen atoms in total. The Morgan fingerprint density at radius 1 is 1.25 bits per heavy atom. The molecule has 1 atom stereocenters. The van der Waals surface area contributed by atoms with Gasteiger partial charge < -0.3 is 19.7 Å². The van der Waals surface area contributed by atoms with Gasteiger partial charge in [-0.1, -0.05) is 23.5 Å². The molecular weight excluding hydrogens is 424 g/mol. The van der Waals surface area contributed by atoms with Gasteiger partial charge in [0.2, 0.25) is 5.91 Å². The Balaban J connectivity index is 1.60. The number of methoxy groups -OCH3 is 2. The molecule has 2 aromatic heterocycles. The number of aromatic nitrogens is 2.